The second kappa shape index (κ2) is 13.2. The van der Waals surface area contributed by atoms with Crippen molar-refractivity contribution in [2.45, 2.75) is 25.2 Å². The van der Waals surface area contributed by atoms with Crippen molar-refractivity contribution < 1.29 is 47.9 Å². The average molecular weight is 606 g/mol. The molecule has 0 saturated heterocycles. The molecule has 1 aliphatic heterocycles. The number of nitrogens with zero attached hydrogens (tertiary/aromatic N) is 1. The van der Waals surface area contributed by atoms with Crippen LogP contribution in [0.5, 0.6) is 28.7 Å². The number of hydrogen-bond acceptors (Lipinski definition) is 9. The van der Waals surface area contributed by atoms with Crippen molar-refractivity contribution in [3.05, 3.63) is 76.9 Å². The van der Waals surface area contributed by atoms with Gasteiger partial charge in [-0.2, -0.15) is 0 Å². The Morgan fingerprint density at radius 2 is 1.61 bits per heavy atom. The summed E-state index contributed by atoms with van der Waals surface area (Å²) in [6.45, 7) is 1.57. The third kappa shape index (κ3) is 6.22. The van der Waals surface area contributed by atoms with Gasteiger partial charge < -0.3 is 38.4 Å². The Morgan fingerprint density at radius 3 is 2.34 bits per heavy atom. The van der Waals surface area contributed by atoms with E-state index in [-0.39, 0.29) is 18.4 Å². The van der Waals surface area contributed by atoms with Gasteiger partial charge in [0.25, 0.3) is 5.91 Å². The molecule has 11 heteroatoms. The van der Waals surface area contributed by atoms with Gasteiger partial charge >= 0.3 is 11.9 Å². The van der Waals surface area contributed by atoms with Gasteiger partial charge in [0, 0.05) is 37.6 Å². The van der Waals surface area contributed by atoms with Gasteiger partial charge in [-0.1, -0.05) is 25.1 Å². The molecule has 0 aromatic heterocycles. The minimum absolute atomic E-state index is 0.0923. The lowest BCUT2D eigenvalue weighted by molar-refractivity contribution is -0.155. The maximum Gasteiger partial charge on any atom is 0.341 e. The molecular weight excluding hydrogens is 570 g/mol. The third-order valence-corrected chi connectivity index (χ3v) is 7.69. The first kappa shape index (κ1) is 30.5. The van der Waals surface area contributed by atoms with Gasteiger partial charge in [0.05, 0.1) is 19.6 Å². The van der Waals surface area contributed by atoms with Crippen molar-refractivity contribution in [3.63, 3.8) is 0 Å². The number of carbonyl (C=O) groups is 3. The summed E-state index contributed by atoms with van der Waals surface area (Å²) in [5.41, 5.74) is 2.97. The minimum Gasteiger partial charge on any atom is -0.497 e. The van der Waals surface area contributed by atoms with E-state index < -0.39 is 42.9 Å². The molecular formula is C33H35NO10. The van der Waals surface area contributed by atoms with Crippen LogP contribution in [0.15, 0.2) is 54.6 Å². The molecule has 0 fully saturated rings. The van der Waals surface area contributed by atoms with Crippen LogP contribution in [0.25, 0.3) is 0 Å². The second-order valence-electron chi connectivity index (χ2n) is 10.7. The lowest BCUT2D eigenvalue weighted by atomic mass is 9.79. The molecule has 3 atom stereocenters. The van der Waals surface area contributed by atoms with Gasteiger partial charge in [0.1, 0.15) is 17.2 Å². The standard InChI is InChI=1S/C33H35NO10/c1-5-12-40-21-8-9-22-24(14-21)31(23-10-7-20(39-4)15-26(23)41-17-29(36)37)32(33(38)42-16-28(35)34(2)3)30(22)19-6-11-25-27(13-19)44-18-43-25/h6-11,13-15,30-32H,5,12,16-18H2,1-4H3,(H,36,37). The van der Waals surface area contributed by atoms with Crippen molar-refractivity contribution in [3.8, 4) is 28.7 Å². The summed E-state index contributed by atoms with van der Waals surface area (Å²) in [6, 6.07) is 16.3. The first-order valence-electron chi connectivity index (χ1n) is 14.3. The zero-order valence-corrected chi connectivity index (χ0v) is 25.0. The van der Waals surface area contributed by atoms with Gasteiger partial charge in [0.2, 0.25) is 6.79 Å². The number of carbonyl (C=O) groups excluding carboxylic acids is 2. The van der Waals surface area contributed by atoms with E-state index >= 15 is 0 Å². The Hall–Kier alpha value is -4.93. The number of amides is 1. The van der Waals surface area contributed by atoms with E-state index in [1.54, 1.807) is 38.4 Å². The van der Waals surface area contributed by atoms with Gasteiger partial charge in [-0.15, -0.1) is 0 Å². The first-order chi connectivity index (χ1) is 21.2. The Kier molecular flexibility index (Phi) is 9.12. The molecule has 2 aliphatic rings. The number of carboxylic acids is 1. The summed E-state index contributed by atoms with van der Waals surface area (Å²) >= 11 is 0. The van der Waals surface area contributed by atoms with Gasteiger partial charge in [0.15, 0.2) is 24.7 Å². The minimum atomic E-state index is -1.16. The van der Waals surface area contributed by atoms with Crippen LogP contribution < -0.4 is 23.7 Å². The maximum absolute atomic E-state index is 14.2. The van der Waals surface area contributed by atoms with E-state index in [2.05, 4.69) is 0 Å². The molecule has 3 aromatic rings. The first-order valence-corrected chi connectivity index (χ1v) is 14.3. The molecule has 44 heavy (non-hydrogen) atoms. The predicted octanol–water partition coefficient (Wildman–Crippen LogP) is 4.20. The fourth-order valence-electron chi connectivity index (χ4n) is 5.64. The van der Waals surface area contributed by atoms with Crippen LogP contribution in [0.3, 0.4) is 0 Å². The molecule has 1 heterocycles. The Labute approximate surface area is 255 Å². The Bertz CT molecular complexity index is 1550. The van der Waals surface area contributed by atoms with Crippen molar-refractivity contribution >= 4 is 17.8 Å². The third-order valence-electron chi connectivity index (χ3n) is 7.69. The smallest absolute Gasteiger partial charge is 0.341 e. The number of methoxy groups -OCH3 is 1. The summed E-state index contributed by atoms with van der Waals surface area (Å²) in [5, 5.41) is 9.40. The van der Waals surface area contributed by atoms with E-state index in [0.29, 0.717) is 35.2 Å². The van der Waals surface area contributed by atoms with Crippen LogP contribution >= 0.6 is 0 Å². The van der Waals surface area contributed by atoms with E-state index in [1.807, 2.05) is 37.3 Å². The quantitative estimate of drug-likeness (QED) is 0.300. The SMILES string of the molecule is CCCOc1ccc2c(c1)C(c1ccc(OC)cc1OCC(=O)O)C(C(=O)OCC(=O)N(C)C)C2c1ccc2c(c1)OCO2. The van der Waals surface area contributed by atoms with Gasteiger partial charge in [-0.05, 0) is 53.4 Å². The largest absolute Gasteiger partial charge is 0.497 e. The normalized spacial score (nSPS) is 17.9. The van der Waals surface area contributed by atoms with E-state index in [0.717, 1.165) is 23.1 Å². The summed E-state index contributed by atoms with van der Waals surface area (Å²) in [7, 11) is 4.66. The predicted molar refractivity (Wildman–Crippen MR) is 158 cm³/mol. The van der Waals surface area contributed by atoms with Crippen molar-refractivity contribution in [1.82, 2.24) is 4.90 Å². The van der Waals surface area contributed by atoms with Crippen molar-refractivity contribution in [2.24, 2.45) is 5.92 Å². The Morgan fingerprint density at radius 1 is 0.864 bits per heavy atom. The number of hydrogen-bond donors (Lipinski definition) is 1. The highest BCUT2D eigenvalue weighted by Gasteiger charge is 2.49. The summed E-state index contributed by atoms with van der Waals surface area (Å²) in [6.07, 6.45) is 0.806. The molecule has 232 valence electrons. The highest BCUT2D eigenvalue weighted by Crippen LogP contribution is 2.56. The highest BCUT2D eigenvalue weighted by atomic mass is 16.7. The van der Waals surface area contributed by atoms with Crippen LogP contribution in [0.4, 0.5) is 0 Å². The number of ether oxygens (including phenoxy) is 6. The molecule has 0 bridgehead atoms. The molecule has 0 saturated carbocycles. The van der Waals surface area contributed by atoms with Crippen LogP contribution in [0.1, 0.15) is 47.4 Å². The van der Waals surface area contributed by atoms with Crippen molar-refractivity contribution in [2.75, 3.05) is 47.8 Å². The van der Waals surface area contributed by atoms with E-state index in [1.165, 1.54) is 12.0 Å². The fourth-order valence-corrected chi connectivity index (χ4v) is 5.64. The Balaban J connectivity index is 1.69. The monoisotopic (exact) mass is 605 g/mol. The molecule has 0 spiro atoms. The maximum atomic E-state index is 14.2. The second-order valence-corrected chi connectivity index (χ2v) is 10.7. The topological polar surface area (TPSA) is 130 Å². The van der Waals surface area contributed by atoms with Crippen LogP contribution in [-0.2, 0) is 19.1 Å². The molecule has 1 N–H and O–H groups in total. The fraction of sp³-hybridized carbons (Fsp3) is 0.364. The molecule has 1 aliphatic carbocycles. The van der Waals surface area contributed by atoms with Crippen LogP contribution in [-0.4, -0.2) is 75.7 Å². The number of fused-ring (bicyclic) bond motifs is 2. The number of benzene rings is 3. The van der Waals surface area contributed by atoms with Crippen LogP contribution in [0.2, 0.25) is 0 Å². The molecule has 1 amide bonds. The number of likely N-dealkylation sites (N-methyl/N-ethyl adjacent to an activating group) is 1. The molecule has 3 aromatic carbocycles. The van der Waals surface area contributed by atoms with Crippen LogP contribution in [0, 0.1) is 5.92 Å². The zero-order chi connectivity index (χ0) is 31.4. The van der Waals surface area contributed by atoms with Crippen molar-refractivity contribution in [1.29, 1.82) is 0 Å². The highest BCUT2D eigenvalue weighted by molar-refractivity contribution is 5.84. The molecule has 5 rings (SSSR count). The van der Waals surface area contributed by atoms with Gasteiger partial charge in [-0.3, -0.25) is 9.59 Å². The van der Waals surface area contributed by atoms with E-state index in [4.69, 9.17) is 28.4 Å². The van der Waals surface area contributed by atoms with Gasteiger partial charge in [-0.25, -0.2) is 4.79 Å². The molecule has 0 radical (unpaired) electrons. The zero-order valence-electron chi connectivity index (χ0n) is 25.0. The average Bonchev–Trinajstić information content (AvgIpc) is 3.63. The number of esters is 1. The molecule has 11 nitrogen and oxygen atoms in total. The number of aliphatic carboxylic acids is 1. The molecule has 3 unspecified atom stereocenters. The number of carboxylic acid groups (broad SMARTS) is 1. The summed E-state index contributed by atoms with van der Waals surface area (Å²) < 4.78 is 34.0. The summed E-state index contributed by atoms with van der Waals surface area (Å²) in [4.78, 5) is 39.5. The number of rotatable bonds is 12. The lowest BCUT2D eigenvalue weighted by Gasteiger charge is -2.26. The van der Waals surface area contributed by atoms with E-state index in [9.17, 15) is 19.5 Å². The summed E-state index contributed by atoms with van der Waals surface area (Å²) in [5.74, 6) is -1.70. The lowest BCUT2D eigenvalue weighted by Crippen LogP contribution is -2.32.